The van der Waals surface area contributed by atoms with Gasteiger partial charge < -0.3 is 14.7 Å². The van der Waals surface area contributed by atoms with E-state index in [-0.39, 0.29) is 12.0 Å². The predicted molar refractivity (Wildman–Crippen MR) is 73.1 cm³/mol. The Kier molecular flexibility index (Phi) is 4.80. The molecule has 1 aliphatic heterocycles. The maximum Gasteiger partial charge on any atom is 0.222 e. The third-order valence-electron chi connectivity index (χ3n) is 3.40. The van der Waals surface area contributed by atoms with Gasteiger partial charge in [-0.15, -0.1) is 0 Å². The molecule has 0 unspecified atom stereocenters. The van der Waals surface area contributed by atoms with E-state index in [9.17, 15) is 9.90 Å². The van der Waals surface area contributed by atoms with Gasteiger partial charge in [-0.25, -0.2) is 0 Å². The minimum Gasteiger partial charge on any atom is -0.494 e. The first kappa shape index (κ1) is 13.9. The van der Waals surface area contributed by atoms with Gasteiger partial charge in [-0.3, -0.25) is 4.79 Å². The second-order valence-corrected chi connectivity index (χ2v) is 4.82. The highest BCUT2D eigenvalue weighted by atomic mass is 16.5. The van der Waals surface area contributed by atoms with Gasteiger partial charge in [0.05, 0.1) is 12.7 Å². The molecule has 2 rings (SSSR count). The summed E-state index contributed by atoms with van der Waals surface area (Å²) in [6, 6.07) is 7.83. The molecule has 1 N–H and O–H groups in total. The molecule has 1 aromatic carbocycles. The standard InChI is InChI=1S/C15H21NO3/c1-2-19-14-6-4-3-5-12(14)7-8-15(18)16-10-9-13(17)11-16/h3-6,13,17H,2,7-11H2,1H3/t13-/m1/s1. The number of amides is 1. The molecule has 1 atom stereocenters. The number of para-hydroxylation sites is 1. The molecule has 0 saturated carbocycles. The molecule has 1 saturated heterocycles. The van der Waals surface area contributed by atoms with Crippen molar-refractivity contribution in [2.45, 2.75) is 32.3 Å². The van der Waals surface area contributed by atoms with E-state index in [2.05, 4.69) is 0 Å². The normalized spacial score (nSPS) is 18.6. The van der Waals surface area contributed by atoms with Crippen LogP contribution in [0.4, 0.5) is 0 Å². The minimum atomic E-state index is -0.348. The van der Waals surface area contributed by atoms with Crippen molar-refractivity contribution in [3.8, 4) is 5.75 Å². The Morgan fingerprint density at radius 3 is 2.95 bits per heavy atom. The van der Waals surface area contributed by atoms with Gasteiger partial charge in [-0.1, -0.05) is 18.2 Å². The van der Waals surface area contributed by atoms with Crippen molar-refractivity contribution in [1.82, 2.24) is 4.90 Å². The van der Waals surface area contributed by atoms with Gasteiger partial charge in [-0.2, -0.15) is 0 Å². The molecule has 1 aromatic rings. The van der Waals surface area contributed by atoms with Crippen LogP contribution in [-0.2, 0) is 11.2 Å². The van der Waals surface area contributed by atoms with Crippen molar-refractivity contribution in [2.75, 3.05) is 19.7 Å². The van der Waals surface area contributed by atoms with E-state index < -0.39 is 0 Å². The van der Waals surface area contributed by atoms with Gasteiger partial charge in [0.25, 0.3) is 0 Å². The number of aliphatic hydroxyl groups is 1. The van der Waals surface area contributed by atoms with E-state index in [1.54, 1.807) is 4.90 Å². The monoisotopic (exact) mass is 263 g/mol. The number of nitrogens with zero attached hydrogens (tertiary/aromatic N) is 1. The summed E-state index contributed by atoms with van der Waals surface area (Å²) < 4.78 is 5.55. The lowest BCUT2D eigenvalue weighted by atomic mass is 10.1. The lowest BCUT2D eigenvalue weighted by Gasteiger charge is -2.16. The molecule has 1 aliphatic rings. The van der Waals surface area contributed by atoms with E-state index in [0.29, 0.717) is 39.0 Å². The van der Waals surface area contributed by atoms with Crippen molar-refractivity contribution in [1.29, 1.82) is 0 Å². The maximum absolute atomic E-state index is 12.0. The van der Waals surface area contributed by atoms with Gasteiger partial charge in [0, 0.05) is 19.5 Å². The molecule has 1 fully saturated rings. The number of carbonyl (C=O) groups is 1. The SMILES string of the molecule is CCOc1ccccc1CCC(=O)N1CC[C@@H](O)C1. The molecular weight excluding hydrogens is 242 g/mol. The first-order valence-electron chi connectivity index (χ1n) is 6.87. The number of rotatable bonds is 5. The van der Waals surface area contributed by atoms with Crippen LogP contribution in [0.2, 0.25) is 0 Å². The molecule has 19 heavy (non-hydrogen) atoms. The molecule has 4 nitrogen and oxygen atoms in total. The number of β-amino-alcohol motifs (C(OH)–C–C–N with tert-alkyl or cyclic N) is 1. The van der Waals surface area contributed by atoms with Crippen molar-refractivity contribution in [3.05, 3.63) is 29.8 Å². The topological polar surface area (TPSA) is 49.8 Å². The van der Waals surface area contributed by atoms with Crippen LogP contribution in [0.3, 0.4) is 0 Å². The number of aliphatic hydroxyl groups excluding tert-OH is 1. The first-order chi connectivity index (χ1) is 9.20. The van der Waals surface area contributed by atoms with Crippen LogP contribution in [0, 0.1) is 0 Å². The molecule has 4 heteroatoms. The second-order valence-electron chi connectivity index (χ2n) is 4.82. The zero-order chi connectivity index (χ0) is 13.7. The van der Waals surface area contributed by atoms with E-state index in [4.69, 9.17) is 4.74 Å². The first-order valence-corrected chi connectivity index (χ1v) is 6.87. The summed E-state index contributed by atoms with van der Waals surface area (Å²) in [4.78, 5) is 13.8. The number of hydrogen-bond donors (Lipinski definition) is 1. The van der Waals surface area contributed by atoms with Crippen LogP contribution in [0.25, 0.3) is 0 Å². The van der Waals surface area contributed by atoms with Gasteiger partial charge in [0.2, 0.25) is 5.91 Å². The number of ether oxygens (including phenoxy) is 1. The third-order valence-corrected chi connectivity index (χ3v) is 3.40. The number of benzene rings is 1. The predicted octanol–water partition coefficient (Wildman–Crippen LogP) is 1.61. The van der Waals surface area contributed by atoms with E-state index in [1.807, 2.05) is 31.2 Å². The molecular formula is C15H21NO3. The Morgan fingerprint density at radius 1 is 1.47 bits per heavy atom. The average Bonchev–Trinajstić information content (AvgIpc) is 2.84. The van der Waals surface area contributed by atoms with Crippen LogP contribution in [0.15, 0.2) is 24.3 Å². The third kappa shape index (κ3) is 3.70. The molecule has 0 spiro atoms. The number of hydrogen-bond acceptors (Lipinski definition) is 3. The number of likely N-dealkylation sites (tertiary alicyclic amines) is 1. The molecule has 1 heterocycles. The van der Waals surface area contributed by atoms with Gasteiger partial charge >= 0.3 is 0 Å². The average molecular weight is 263 g/mol. The molecule has 1 amide bonds. The summed E-state index contributed by atoms with van der Waals surface area (Å²) in [5.74, 6) is 0.974. The largest absolute Gasteiger partial charge is 0.494 e. The number of carbonyl (C=O) groups excluding carboxylic acids is 1. The fraction of sp³-hybridized carbons (Fsp3) is 0.533. The molecule has 0 radical (unpaired) electrons. The summed E-state index contributed by atoms with van der Waals surface area (Å²) in [7, 11) is 0. The summed E-state index contributed by atoms with van der Waals surface area (Å²) in [5.41, 5.74) is 1.07. The van der Waals surface area contributed by atoms with Gasteiger partial charge in [0.15, 0.2) is 0 Å². The Morgan fingerprint density at radius 2 is 2.26 bits per heavy atom. The summed E-state index contributed by atoms with van der Waals surface area (Å²) in [6.07, 6.45) is 1.50. The summed E-state index contributed by atoms with van der Waals surface area (Å²) in [5, 5.41) is 9.43. The zero-order valence-electron chi connectivity index (χ0n) is 11.3. The lowest BCUT2D eigenvalue weighted by molar-refractivity contribution is -0.130. The van der Waals surface area contributed by atoms with Crippen molar-refractivity contribution in [2.24, 2.45) is 0 Å². The quantitative estimate of drug-likeness (QED) is 0.878. The highest BCUT2D eigenvalue weighted by molar-refractivity contribution is 5.76. The molecule has 0 aromatic heterocycles. The van der Waals surface area contributed by atoms with Gasteiger partial charge in [0.1, 0.15) is 5.75 Å². The lowest BCUT2D eigenvalue weighted by Crippen LogP contribution is -2.29. The summed E-state index contributed by atoms with van der Waals surface area (Å²) >= 11 is 0. The number of aryl methyl sites for hydroxylation is 1. The zero-order valence-corrected chi connectivity index (χ0v) is 11.3. The van der Waals surface area contributed by atoms with Crippen molar-refractivity contribution >= 4 is 5.91 Å². The van der Waals surface area contributed by atoms with Crippen LogP contribution in [0.1, 0.15) is 25.3 Å². The highest BCUT2D eigenvalue weighted by Crippen LogP contribution is 2.20. The van der Waals surface area contributed by atoms with Crippen LogP contribution in [-0.4, -0.2) is 41.7 Å². The Hall–Kier alpha value is -1.55. The van der Waals surface area contributed by atoms with E-state index in [0.717, 1.165) is 11.3 Å². The maximum atomic E-state index is 12.0. The Balaban J connectivity index is 1.89. The Labute approximate surface area is 114 Å². The molecule has 0 bridgehead atoms. The highest BCUT2D eigenvalue weighted by Gasteiger charge is 2.24. The second kappa shape index (κ2) is 6.57. The van der Waals surface area contributed by atoms with Crippen molar-refractivity contribution in [3.63, 3.8) is 0 Å². The van der Waals surface area contributed by atoms with Crippen molar-refractivity contribution < 1.29 is 14.6 Å². The molecule has 104 valence electrons. The molecule has 0 aliphatic carbocycles. The fourth-order valence-electron chi connectivity index (χ4n) is 2.37. The smallest absolute Gasteiger partial charge is 0.222 e. The summed E-state index contributed by atoms with van der Waals surface area (Å²) in [6.45, 7) is 3.73. The minimum absolute atomic E-state index is 0.114. The van der Waals surface area contributed by atoms with Crippen LogP contribution in [0.5, 0.6) is 5.75 Å². The van der Waals surface area contributed by atoms with E-state index in [1.165, 1.54) is 0 Å². The van der Waals surface area contributed by atoms with Gasteiger partial charge in [-0.05, 0) is 31.4 Å². The van der Waals surface area contributed by atoms with Crippen LogP contribution < -0.4 is 4.74 Å². The van der Waals surface area contributed by atoms with E-state index >= 15 is 0 Å². The Bertz CT molecular complexity index is 433. The van der Waals surface area contributed by atoms with Crippen LogP contribution >= 0.6 is 0 Å². The fourth-order valence-corrected chi connectivity index (χ4v) is 2.37.